The number of aryl methyl sites for hydroxylation is 1. The lowest BCUT2D eigenvalue weighted by atomic mass is 10.1. The lowest BCUT2D eigenvalue weighted by molar-refractivity contribution is 0.135. The van der Waals surface area contributed by atoms with Crippen LogP contribution in [-0.2, 0) is 13.1 Å². The van der Waals surface area contributed by atoms with Crippen molar-refractivity contribution in [2.75, 3.05) is 26.2 Å². The first-order valence-corrected chi connectivity index (χ1v) is 8.55. The average molecular weight is 323 g/mol. The molecule has 0 unspecified atom stereocenters. The van der Waals surface area contributed by atoms with Gasteiger partial charge in [-0.1, -0.05) is 60.2 Å². The van der Waals surface area contributed by atoms with Crippen LogP contribution in [0, 0.1) is 6.92 Å². The molecule has 0 atom stereocenters. The molecule has 0 aliphatic carbocycles. The third-order valence-corrected chi connectivity index (χ3v) is 4.43. The van der Waals surface area contributed by atoms with Crippen LogP contribution in [0.2, 0.25) is 0 Å². The Morgan fingerprint density at radius 3 is 2.38 bits per heavy atom. The Labute approximate surface area is 144 Å². The van der Waals surface area contributed by atoms with Crippen molar-refractivity contribution in [2.45, 2.75) is 20.0 Å². The second-order valence-electron chi connectivity index (χ2n) is 6.40. The first-order valence-electron chi connectivity index (χ1n) is 8.55. The van der Waals surface area contributed by atoms with Crippen LogP contribution in [0.1, 0.15) is 16.7 Å². The van der Waals surface area contributed by atoms with Gasteiger partial charge in [0.05, 0.1) is 0 Å². The van der Waals surface area contributed by atoms with Gasteiger partial charge in [-0.3, -0.25) is 4.90 Å². The SMILES string of the molecule is Cc1cccc(CNC(=O)N2CCN(Cc3ccccc3)CC2)c1. The van der Waals surface area contributed by atoms with E-state index >= 15 is 0 Å². The number of urea groups is 1. The fraction of sp³-hybridized carbons (Fsp3) is 0.350. The van der Waals surface area contributed by atoms with Crippen molar-refractivity contribution in [3.8, 4) is 0 Å². The van der Waals surface area contributed by atoms with Crippen molar-refractivity contribution >= 4 is 6.03 Å². The van der Waals surface area contributed by atoms with Gasteiger partial charge in [0.1, 0.15) is 0 Å². The summed E-state index contributed by atoms with van der Waals surface area (Å²) in [6.07, 6.45) is 0. The predicted octanol–water partition coefficient (Wildman–Crippen LogP) is 3.02. The molecule has 0 saturated carbocycles. The van der Waals surface area contributed by atoms with E-state index < -0.39 is 0 Å². The summed E-state index contributed by atoms with van der Waals surface area (Å²) < 4.78 is 0. The van der Waals surface area contributed by atoms with Crippen molar-refractivity contribution in [1.29, 1.82) is 0 Å². The van der Waals surface area contributed by atoms with Crippen LogP contribution in [0.4, 0.5) is 4.79 Å². The third-order valence-electron chi connectivity index (χ3n) is 4.43. The van der Waals surface area contributed by atoms with Gasteiger partial charge in [-0.25, -0.2) is 4.79 Å². The molecule has 3 rings (SSSR count). The molecule has 0 bridgehead atoms. The molecule has 2 aromatic carbocycles. The minimum atomic E-state index is 0.0378. The van der Waals surface area contributed by atoms with Gasteiger partial charge in [-0.05, 0) is 18.1 Å². The number of carbonyl (C=O) groups excluding carboxylic acids is 1. The van der Waals surface area contributed by atoms with E-state index in [1.807, 2.05) is 23.1 Å². The Morgan fingerprint density at radius 1 is 0.958 bits per heavy atom. The van der Waals surface area contributed by atoms with E-state index in [2.05, 4.69) is 53.5 Å². The first kappa shape index (κ1) is 16.5. The maximum atomic E-state index is 12.3. The molecule has 1 N–H and O–H groups in total. The number of rotatable bonds is 4. The number of nitrogens with zero attached hydrogens (tertiary/aromatic N) is 2. The molecule has 0 aromatic heterocycles. The molecule has 4 nitrogen and oxygen atoms in total. The second kappa shape index (κ2) is 7.97. The number of nitrogens with one attached hydrogen (secondary N) is 1. The number of hydrogen-bond acceptors (Lipinski definition) is 2. The van der Waals surface area contributed by atoms with Crippen molar-refractivity contribution in [3.05, 3.63) is 71.3 Å². The maximum absolute atomic E-state index is 12.3. The van der Waals surface area contributed by atoms with Crippen LogP contribution in [-0.4, -0.2) is 42.0 Å². The topological polar surface area (TPSA) is 35.6 Å². The minimum Gasteiger partial charge on any atom is -0.334 e. The van der Waals surface area contributed by atoms with E-state index in [-0.39, 0.29) is 6.03 Å². The predicted molar refractivity (Wildman–Crippen MR) is 96.7 cm³/mol. The molecule has 0 radical (unpaired) electrons. The molecule has 1 fully saturated rings. The zero-order chi connectivity index (χ0) is 16.8. The van der Waals surface area contributed by atoms with Gasteiger partial charge < -0.3 is 10.2 Å². The largest absolute Gasteiger partial charge is 0.334 e. The van der Waals surface area contributed by atoms with Crippen molar-refractivity contribution in [2.24, 2.45) is 0 Å². The van der Waals surface area contributed by atoms with Gasteiger partial charge >= 0.3 is 6.03 Å². The second-order valence-corrected chi connectivity index (χ2v) is 6.40. The van der Waals surface area contributed by atoms with Crippen LogP contribution < -0.4 is 5.32 Å². The molecule has 2 amide bonds. The summed E-state index contributed by atoms with van der Waals surface area (Å²) >= 11 is 0. The average Bonchev–Trinajstić information content (AvgIpc) is 2.61. The Kier molecular flexibility index (Phi) is 5.49. The van der Waals surface area contributed by atoms with E-state index in [0.29, 0.717) is 6.54 Å². The molecule has 0 spiro atoms. The normalized spacial score (nSPS) is 15.3. The quantitative estimate of drug-likeness (QED) is 0.939. The monoisotopic (exact) mass is 323 g/mol. The van der Waals surface area contributed by atoms with E-state index in [1.54, 1.807) is 0 Å². The first-order chi connectivity index (χ1) is 11.7. The highest BCUT2D eigenvalue weighted by Crippen LogP contribution is 2.09. The lowest BCUT2D eigenvalue weighted by Crippen LogP contribution is -2.51. The zero-order valence-electron chi connectivity index (χ0n) is 14.2. The zero-order valence-corrected chi connectivity index (χ0v) is 14.2. The summed E-state index contributed by atoms with van der Waals surface area (Å²) in [5.41, 5.74) is 3.69. The smallest absolute Gasteiger partial charge is 0.317 e. The van der Waals surface area contributed by atoms with Gasteiger partial charge in [-0.2, -0.15) is 0 Å². The van der Waals surface area contributed by atoms with Crippen molar-refractivity contribution in [1.82, 2.24) is 15.1 Å². The summed E-state index contributed by atoms with van der Waals surface area (Å²) in [5, 5.41) is 3.03. The van der Waals surface area contributed by atoms with Crippen LogP contribution in [0.15, 0.2) is 54.6 Å². The number of carbonyl (C=O) groups is 1. The number of amides is 2. The van der Waals surface area contributed by atoms with Gasteiger partial charge in [-0.15, -0.1) is 0 Å². The van der Waals surface area contributed by atoms with E-state index in [9.17, 15) is 4.79 Å². The third kappa shape index (κ3) is 4.59. The summed E-state index contributed by atoms with van der Waals surface area (Å²) in [6, 6.07) is 18.8. The van der Waals surface area contributed by atoms with Crippen LogP contribution in [0.5, 0.6) is 0 Å². The van der Waals surface area contributed by atoms with E-state index in [0.717, 1.165) is 38.3 Å². The Morgan fingerprint density at radius 2 is 1.67 bits per heavy atom. The number of piperazine rings is 1. The summed E-state index contributed by atoms with van der Waals surface area (Å²) in [7, 11) is 0. The molecule has 24 heavy (non-hydrogen) atoms. The summed E-state index contributed by atoms with van der Waals surface area (Å²) in [5.74, 6) is 0. The molecule has 4 heteroatoms. The molecule has 1 heterocycles. The molecule has 2 aromatic rings. The van der Waals surface area contributed by atoms with Gasteiger partial charge in [0.2, 0.25) is 0 Å². The standard InChI is InChI=1S/C20H25N3O/c1-17-6-5-9-19(14-17)15-21-20(24)23-12-10-22(11-13-23)16-18-7-3-2-4-8-18/h2-9,14H,10-13,15-16H2,1H3,(H,21,24). The summed E-state index contributed by atoms with van der Waals surface area (Å²) in [6.45, 7) is 7.03. The molecule has 1 aliphatic rings. The van der Waals surface area contributed by atoms with Crippen LogP contribution in [0.25, 0.3) is 0 Å². The van der Waals surface area contributed by atoms with E-state index in [1.165, 1.54) is 11.1 Å². The number of hydrogen-bond donors (Lipinski definition) is 1. The molecule has 1 saturated heterocycles. The fourth-order valence-electron chi connectivity index (χ4n) is 3.06. The molecule has 126 valence electrons. The Bertz CT molecular complexity index is 664. The van der Waals surface area contributed by atoms with Gasteiger partial charge in [0, 0.05) is 39.3 Å². The molecular weight excluding hydrogens is 298 g/mol. The maximum Gasteiger partial charge on any atom is 0.317 e. The highest BCUT2D eigenvalue weighted by molar-refractivity contribution is 5.74. The highest BCUT2D eigenvalue weighted by atomic mass is 16.2. The van der Waals surface area contributed by atoms with Gasteiger partial charge in [0.25, 0.3) is 0 Å². The van der Waals surface area contributed by atoms with E-state index in [4.69, 9.17) is 0 Å². The fourth-order valence-corrected chi connectivity index (χ4v) is 3.06. The van der Waals surface area contributed by atoms with Crippen LogP contribution >= 0.6 is 0 Å². The number of benzene rings is 2. The molecule has 1 aliphatic heterocycles. The minimum absolute atomic E-state index is 0.0378. The summed E-state index contributed by atoms with van der Waals surface area (Å²) in [4.78, 5) is 16.6. The lowest BCUT2D eigenvalue weighted by Gasteiger charge is -2.34. The van der Waals surface area contributed by atoms with Crippen molar-refractivity contribution < 1.29 is 4.79 Å². The highest BCUT2D eigenvalue weighted by Gasteiger charge is 2.20. The molecular formula is C20H25N3O. The Balaban J connectivity index is 1.43. The van der Waals surface area contributed by atoms with Crippen LogP contribution in [0.3, 0.4) is 0 Å². The van der Waals surface area contributed by atoms with Gasteiger partial charge in [0.15, 0.2) is 0 Å². The Hall–Kier alpha value is -2.33. The van der Waals surface area contributed by atoms with Crippen molar-refractivity contribution in [3.63, 3.8) is 0 Å².